The Morgan fingerprint density at radius 1 is 1.06 bits per heavy atom. The average Bonchev–Trinajstić information content (AvgIpc) is 3.71. The zero-order chi connectivity index (χ0) is 35.8. The molecule has 0 atom stereocenters. The highest BCUT2D eigenvalue weighted by Crippen LogP contribution is 2.36. The Kier molecular flexibility index (Phi) is 11.9. The first kappa shape index (κ1) is 36.1. The predicted octanol–water partition coefficient (Wildman–Crippen LogP) is 3.54. The Labute approximate surface area is 297 Å². The van der Waals surface area contributed by atoms with Crippen LogP contribution in [0.3, 0.4) is 0 Å². The van der Waals surface area contributed by atoms with Gasteiger partial charge in [0.25, 0.3) is 11.9 Å². The van der Waals surface area contributed by atoms with Crippen molar-refractivity contribution in [1.29, 1.82) is 0 Å². The topological polar surface area (TPSA) is 166 Å². The van der Waals surface area contributed by atoms with E-state index in [9.17, 15) is 14.4 Å². The van der Waals surface area contributed by atoms with E-state index in [1.165, 1.54) is 11.1 Å². The van der Waals surface area contributed by atoms with E-state index in [4.69, 9.17) is 37.8 Å². The van der Waals surface area contributed by atoms with E-state index in [-0.39, 0.29) is 49.3 Å². The third kappa shape index (κ3) is 8.51. The van der Waals surface area contributed by atoms with E-state index < -0.39 is 11.8 Å². The summed E-state index contributed by atoms with van der Waals surface area (Å²) in [5.41, 5.74) is 4.03. The van der Waals surface area contributed by atoms with Crippen LogP contribution < -0.4 is 25.0 Å². The quantitative estimate of drug-likeness (QED) is 0.147. The van der Waals surface area contributed by atoms with Crippen molar-refractivity contribution in [2.45, 2.75) is 26.0 Å². The highest BCUT2D eigenvalue weighted by molar-refractivity contribution is 6.38. The molecule has 262 valence electrons. The molecular weight excluding hydrogens is 687 g/mol. The number of anilines is 1. The molecule has 5 rings (SSSR count). The number of nitrogens with one attached hydrogen (secondary N) is 2. The van der Waals surface area contributed by atoms with Gasteiger partial charge in [-0.2, -0.15) is 4.98 Å². The van der Waals surface area contributed by atoms with Gasteiger partial charge in [-0.15, -0.1) is 0 Å². The molecule has 0 aliphatic carbocycles. The van der Waals surface area contributed by atoms with Gasteiger partial charge in [0.2, 0.25) is 11.8 Å². The first-order valence-electron chi connectivity index (χ1n) is 15.6. The zero-order valence-electron chi connectivity index (χ0n) is 27.7. The van der Waals surface area contributed by atoms with Crippen LogP contribution in [0.1, 0.15) is 33.7 Å². The van der Waals surface area contributed by atoms with Gasteiger partial charge in [-0.25, -0.2) is 4.98 Å². The minimum absolute atomic E-state index is 0.0119. The van der Waals surface area contributed by atoms with Gasteiger partial charge < -0.3 is 34.7 Å². The van der Waals surface area contributed by atoms with Crippen LogP contribution in [0.2, 0.25) is 10.0 Å². The number of methoxy groups -OCH3 is 1. The number of hydrogen-bond acceptors (Lipinski definition) is 9. The molecule has 5 aromatic rings. The first-order chi connectivity index (χ1) is 24.1. The number of carbonyl (C=O) groups excluding carboxylic acids is 3. The average molecular weight is 724 g/mol. The smallest absolute Gasteiger partial charge is 0.297 e. The molecule has 0 aliphatic rings. The molecule has 50 heavy (non-hydrogen) atoms. The van der Waals surface area contributed by atoms with Crippen LogP contribution in [0.5, 0.6) is 11.8 Å². The van der Waals surface area contributed by atoms with Gasteiger partial charge in [0, 0.05) is 50.0 Å². The number of halogens is 2. The fraction of sp³-hybridized carbons (Fsp3) is 0.294. The lowest BCUT2D eigenvalue weighted by atomic mass is 10.1. The minimum Gasteiger partial charge on any atom is -0.486 e. The number of nitrogens with zero attached hydrogens (tertiary/aromatic N) is 6. The van der Waals surface area contributed by atoms with E-state index >= 15 is 0 Å². The standard InChI is InChI=1S/C34H36Cl2N8O6/c1-42-17-22(40-20-42)18-44-27-5-4-6-28(32(27)41-34(44)49-3)50-19-23-24(35)9-11-26(31(23)36)43(2)30(47)16-39-29(46)12-8-21-7-10-25(38-15-21)33(48)37-13-14-45/h4-7,9-11,15,17,20,45H,8,12-14,16,18-19H2,1-3H3,(H,37,48)(H,39,46). The molecule has 0 bridgehead atoms. The van der Waals surface area contributed by atoms with Gasteiger partial charge in [-0.1, -0.05) is 35.3 Å². The van der Waals surface area contributed by atoms with Crippen LogP contribution in [0.4, 0.5) is 5.69 Å². The molecule has 2 aromatic carbocycles. The van der Waals surface area contributed by atoms with Crippen LogP contribution in [-0.4, -0.2) is 80.8 Å². The second-order valence-corrected chi connectivity index (χ2v) is 12.0. The lowest BCUT2D eigenvalue weighted by Crippen LogP contribution is -2.38. The van der Waals surface area contributed by atoms with Gasteiger partial charge in [0.05, 0.1) is 55.1 Å². The van der Waals surface area contributed by atoms with Gasteiger partial charge >= 0.3 is 0 Å². The number of likely N-dealkylation sites (N-methyl/N-ethyl adjacent to an activating group) is 1. The van der Waals surface area contributed by atoms with Crippen LogP contribution in [0, 0.1) is 0 Å². The normalized spacial score (nSPS) is 11.0. The van der Waals surface area contributed by atoms with Gasteiger partial charge in [-0.3, -0.25) is 23.9 Å². The highest BCUT2D eigenvalue weighted by Gasteiger charge is 2.21. The second-order valence-electron chi connectivity index (χ2n) is 11.2. The van der Waals surface area contributed by atoms with Crippen molar-refractivity contribution < 1.29 is 29.0 Å². The molecule has 0 unspecified atom stereocenters. The number of aromatic nitrogens is 5. The third-order valence-electron chi connectivity index (χ3n) is 7.77. The van der Waals surface area contributed by atoms with E-state index in [0.717, 1.165) is 16.8 Å². The number of aryl methyl sites for hydroxylation is 2. The Hall–Kier alpha value is -5.18. The van der Waals surface area contributed by atoms with Gasteiger partial charge in [0.1, 0.15) is 23.6 Å². The van der Waals surface area contributed by atoms with Crippen molar-refractivity contribution >= 4 is 57.6 Å². The molecular formula is C34H36Cl2N8O6. The molecule has 0 saturated heterocycles. The van der Waals surface area contributed by atoms with Crippen LogP contribution in [-0.2, 0) is 36.2 Å². The molecule has 0 saturated carbocycles. The Balaban J connectivity index is 1.19. The number of rotatable bonds is 15. The summed E-state index contributed by atoms with van der Waals surface area (Å²) < 4.78 is 15.5. The van der Waals surface area contributed by atoms with E-state index in [1.807, 2.05) is 34.5 Å². The monoisotopic (exact) mass is 722 g/mol. The molecule has 14 nitrogen and oxygen atoms in total. The van der Waals surface area contributed by atoms with Gasteiger partial charge in [-0.05, 0) is 42.3 Å². The maximum Gasteiger partial charge on any atom is 0.297 e. The van der Waals surface area contributed by atoms with Crippen LogP contribution >= 0.6 is 23.2 Å². The Bertz CT molecular complexity index is 2000. The van der Waals surface area contributed by atoms with Crippen molar-refractivity contribution in [3.8, 4) is 11.8 Å². The van der Waals surface area contributed by atoms with Crippen LogP contribution in [0.25, 0.3) is 11.0 Å². The van der Waals surface area contributed by atoms with E-state index in [1.54, 1.807) is 50.8 Å². The van der Waals surface area contributed by atoms with Crippen LogP contribution in [0.15, 0.2) is 61.2 Å². The molecule has 3 amide bonds. The number of imidazole rings is 2. The summed E-state index contributed by atoms with van der Waals surface area (Å²) in [7, 11) is 5.01. The lowest BCUT2D eigenvalue weighted by Gasteiger charge is -2.21. The number of hydrogen-bond donors (Lipinski definition) is 3. The number of carbonyl (C=O) groups is 3. The number of aliphatic hydroxyl groups excluding tert-OH is 1. The highest BCUT2D eigenvalue weighted by atomic mass is 35.5. The molecule has 0 radical (unpaired) electrons. The third-order valence-corrected chi connectivity index (χ3v) is 8.55. The number of fused-ring (bicyclic) bond motifs is 1. The predicted molar refractivity (Wildman–Crippen MR) is 188 cm³/mol. The van der Waals surface area contributed by atoms with Crippen molar-refractivity contribution in [1.82, 2.24) is 34.7 Å². The van der Waals surface area contributed by atoms with E-state index in [2.05, 4.69) is 25.6 Å². The summed E-state index contributed by atoms with van der Waals surface area (Å²) in [4.78, 5) is 52.0. The number of amides is 3. The zero-order valence-corrected chi connectivity index (χ0v) is 29.2. The summed E-state index contributed by atoms with van der Waals surface area (Å²) in [6.07, 6.45) is 5.63. The molecule has 0 fully saturated rings. The SMILES string of the molecule is COc1nc2c(OCc3c(Cl)ccc(N(C)C(=O)CNC(=O)CCc4ccc(C(=O)NCCO)nc4)c3Cl)cccc2n1Cc1cn(C)cn1. The summed E-state index contributed by atoms with van der Waals surface area (Å²) in [6.45, 7) is 0.142. The van der Waals surface area contributed by atoms with Crippen molar-refractivity contribution in [3.63, 3.8) is 0 Å². The molecule has 3 N–H and O–H groups in total. The minimum atomic E-state index is -0.398. The molecule has 3 aromatic heterocycles. The largest absolute Gasteiger partial charge is 0.486 e. The number of aliphatic hydroxyl groups is 1. The summed E-state index contributed by atoms with van der Waals surface area (Å²) >= 11 is 13.3. The maximum atomic E-state index is 13.1. The number of pyridine rings is 1. The number of benzene rings is 2. The van der Waals surface area contributed by atoms with Crippen molar-refractivity contribution in [2.75, 3.05) is 38.8 Å². The Morgan fingerprint density at radius 3 is 2.58 bits per heavy atom. The van der Waals surface area contributed by atoms with Crippen molar-refractivity contribution in [2.24, 2.45) is 7.05 Å². The molecule has 16 heteroatoms. The molecule has 0 spiro atoms. The number of para-hydroxylation sites is 1. The lowest BCUT2D eigenvalue weighted by molar-refractivity contribution is -0.124. The number of ether oxygens (including phenoxy) is 2. The fourth-order valence-corrected chi connectivity index (χ4v) is 5.71. The van der Waals surface area contributed by atoms with Crippen molar-refractivity contribution in [3.05, 3.63) is 93.7 Å². The maximum absolute atomic E-state index is 13.1. The molecule has 0 aliphatic heterocycles. The van der Waals surface area contributed by atoms with Gasteiger partial charge in [0.15, 0.2) is 0 Å². The summed E-state index contributed by atoms with van der Waals surface area (Å²) in [5.74, 6) is -0.642. The molecule has 3 heterocycles. The first-order valence-corrected chi connectivity index (χ1v) is 16.3. The fourth-order valence-electron chi connectivity index (χ4n) is 5.10. The second kappa shape index (κ2) is 16.5. The summed E-state index contributed by atoms with van der Waals surface area (Å²) in [6, 6.07) is 12.5. The Morgan fingerprint density at radius 2 is 1.88 bits per heavy atom. The summed E-state index contributed by atoms with van der Waals surface area (Å²) in [5, 5.41) is 14.6. The van der Waals surface area contributed by atoms with E-state index in [0.29, 0.717) is 46.5 Å².